The fourth-order valence-corrected chi connectivity index (χ4v) is 3.58. The van der Waals surface area contributed by atoms with Gasteiger partial charge in [-0.3, -0.25) is 4.72 Å². The van der Waals surface area contributed by atoms with Crippen LogP contribution in [0.5, 0.6) is 0 Å². The highest BCUT2D eigenvalue weighted by Crippen LogP contribution is 2.26. The van der Waals surface area contributed by atoms with Crippen LogP contribution in [0.1, 0.15) is 12.5 Å². The summed E-state index contributed by atoms with van der Waals surface area (Å²) in [5, 5.41) is 2.99. The summed E-state index contributed by atoms with van der Waals surface area (Å²) in [6.07, 6.45) is 1.47. The molecular formula is C14H16BrN3O2S. The molecule has 21 heavy (non-hydrogen) atoms. The van der Waals surface area contributed by atoms with Crippen molar-refractivity contribution in [2.24, 2.45) is 0 Å². The van der Waals surface area contributed by atoms with Gasteiger partial charge in [0.15, 0.2) is 0 Å². The molecule has 0 aliphatic carbocycles. The third-order valence-electron chi connectivity index (χ3n) is 2.77. The predicted octanol–water partition coefficient (Wildman–Crippen LogP) is 3.39. The van der Waals surface area contributed by atoms with Crippen molar-refractivity contribution in [3.8, 4) is 0 Å². The van der Waals surface area contributed by atoms with Crippen LogP contribution in [0.2, 0.25) is 0 Å². The van der Waals surface area contributed by atoms with Gasteiger partial charge in [-0.05, 0) is 53.5 Å². The molecule has 0 saturated heterocycles. The van der Waals surface area contributed by atoms with E-state index in [0.717, 1.165) is 5.56 Å². The first-order valence-electron chi connectivity index (χ1n) is 6.41. The van der Waals surface area contributed by atoms with Crippen LogP contribution < -0.4 is 10.0 Å². The first-order valence-corrected chi connectivity index (χ1v) is 8.69. The molecule has 0 spiro atoms. The maximum atomic E-state index is 12.4. The topological polar surface area (TPSA) is 71.1 Å². The number of nitrogens with zero attached hydrogens (tertiary/aromatic N) is 1. The van der Waals surface area contributed by atoms with Crippen LogP contribution in [0, 0.1) is 6.92 Å². The standard InChI is InChI=1S/C14H16BrN3O2S/c1-3-16-14-9-11(6-7-17-14)21(19,20)18-13-5-4-10(2)8-12(13)15/h4-9,18H,3H2,1-2H3,(H,16,17). The van der Waals surface area contributed by atoms with Gasteiger partial charge in [0.05, 0.1) is 10.6 Å². The summed E-state index contributed by atoms with van der Waals surface area (Å²) in [6.45, 7) is 4.53. The molecule has 2 rings (SSSR count). The summed E-state index contributed by atoms with van der Waals surface area (Å²) in [4.78, 5) is 4.23. The van der Waals surface area contributed by atoms with Gasteiger partial charge in [0.1, 0.15) is 5.82 Å². The molecule has 1 heterocycles. The number of aromatic nitrogens is 1. The maximum absolute atomic E-state index is 12.4. The van der Waals surface area contributed by atoms with Crippen molar-refractivity contribution in [1.29, 1.82) is 0 Å². The zero-order chi connectivity index (χ0) is 15.5. The Bertz CT molecular complexity index is 748. The molecule has 1 aromatic heterocycles. The summed E-state index contributed by atoms with van der Waals surface area (Å²) in [6, 6.07) is 8.40. The molecule has 1 aromatic carbocycles. The Kier molecular flexibility index (Phi) is 4.84. The molecule has 0 radical (unpaired) electrons. The number of nitrogens with one attached hydrogen (secondary N) is 2. The highest BCUT2D eigenvalue weighted by Gasteiger charge is 2.16. The van der Waals surface area contributed by atoms with Crippen LogP contribution in [0.4, 0.5) is 11.5 Å². The van der Waals surface area contributed by atoms with Gasteiger partial charge in [0, 0.05) is 23.3 Å². The average molecular weight is 370 g/mol. The predicted molar refractivity (Wildman–Crippen MR) is 88.1 cm³/mol. The molecule has 5 nitrogen and oxygen atoms in total. The van der Waals surface area contributed by atoms with E-state index in [-0.39, 0.29) is 4.90 Å². The van der Waals surface area contributed by atoms with Gasteiger partial charge in [-0.2, -0.15) is 0 Å². The van der Waals surface area contributed by atoms with E-state index in [1.54, 1.807) is 6.07 Å². The second kappa shape index (κ2) is 6.44. The summed E-state index contributed by atoms with van der Waals surface area (Å²) in [5.41, 5.74) is 1.55. The van der Waals surface area contributed by atoms with Crippen molar-refractivity contribution in [1.82, 2.24) is 4.98 Å². The first-order chi connectivity index (χ1) is 9.92. The lowest BCUT2D eigenvalue weighted by atomic mass is 10.2. The number of aryl methyl sites for hydroxylation is 1. The lowest BCUT2D eigenvalue weighted by Gasteiger charge is -2.11. The van der Waals surface area contributed by atoms with Crippen LogP contribution in [-0.4, -0.2) is 19.9 Å². The van der Waals surface area contributed by atoms with Gasteiger partial charge in [0.2, 0.25) is 0 Å². The number of anilines is 2. The van der Waals surface area contributed by atoms with Crippen LogP contribution >= 0.6 is 15.9 Å². The summed E-state index contributed by atoms with van der Waals surface area (Å²) in [7, 11) is -3.65. The van der Waals surface area contributed by atoms with Crippen LogP contribution in [0.25, 0.3) is 0 Å². The van der Waals surface area contributed by atoms with Gasteiger partial charge in [-0.1, -0.05) is 6.07 Å². The SMILES string of the molecule is CCNc1cc(S(=O)(=O)Nc2ccc(C)cc2Br)ccn1. The molecule has 0 unspecified atom stereocenters. The van der Waals surface area contributed by atoms with Gasteiger partial charge in [0.25, 0.3) is 10.0 Å². The van der Waals surface area contributed by atoms with Gasteiger partial charge in [-0.25, -0.2) is 13.4 Å². The Hall–Kier alpha value is -1.60. The van der Waals surface area contributed by atoms with Crippen molar-refractivity contribution in [3.63, 3.8) is 0 Å². The first kappa shape index (κ1) is 15.8. The highest BCUT2D eigenvalue weighted by molar-refractivity contribution is 9.10. The minimum atomic E-state index is -3.65. The Balaban J connectivity index is 2.31. The number of pyridine rings is 1. The molecule has 112 valence electrons. The summed E-state index contributed by atoms with van der Waals surface area (Å²) in [5.74, 6) is 0.531. The van der Waals surface area contributed by atoms with E-state index in [1.165, 1.54) is 18.3 Å². The molecule has 0 saturated carbocycles. The third-order valence-corrected chi connectivity index (χ3v) is 4.79. The fraction of sp³-hybridized carbons (Fsp3) is 0.214. The molecule has 0 amide bonds. The van der Waals surface area contributed by atoms with Gasteiger partial charge >= 0.3 is 0 Å². The van der Waals surface area contributed by atoms with Crippen molar-refractivity contribution < 1.29 is 8.42 Å². The number of sulfonamides is 1. The highest BCUT2D eigenvalue weighted by atomic mass is 79.9. The van der Waals surface area contributed by atoms with Crippen molar-refractivity contribution in [2.75, 3.05) is 16.6 Å². The summed E-state index contributed by atoms with van der Waals surface area (Å²) >= 11 is 3.36. The quantitative estimate of drug-likeness (QED) is 0.847. The molecule has 2 N–H and O–H groups in total. The maximum Gasteiger partial charge on any atom is 0.262 e. The molecular weight excluding hydrogens is 354 g/mol. The second-order valence-corrected chi connectivity index (χ2v) is 7.03. The van der Waals surface area contributed by atoms with Crippen molar-refractivity contribution in [3.05, 3.63) is 46.6 Å². The fourth-order valence-electron chi connectivity index (χ4n) is 1.76. The van der Waals surface area contributed by atoms with Crippen LogP contribution in [0.15, 0.2) is 45.9 Å². The minimum Gasteiger partial charge on any atom is -0.370 e. The van der Waals surface area contributed by atoms with Crippen molar-refractivity contribution in [2.45, 2.75) is 18.7 Å². The third kappa shape index (κ3) is 3.95. The Morgan fingerprint density at radius 2 is 2.00 bits per heavy atom. The Labute approximate surface area is 133 Å². The van der Waals surface area contributed by atoms with Crippen LogP contribution in [0.3, 0.4) is 0 Å². The molecule has 2 aromatic rings. The smallest absolute Gasteiger partial charge is 0.262 e. The average Bonchev–Trinajstić information content (AvgIpc) is 2.43. The molecule has 0 bridgehead atoms. The van der Waals surface area contributed by atoms with E-state index in [0.29, 0.717) is 22.5 Å². The molecule has 0 fully saturated rings. The monoisotopic (exact) mass is 369 g/mol. The molecule has 0 aliphatic rings. The Morgan fingerprint density at radius 1 is 1.24 bits per heavy atom. The number of hydrogen-bond acceptors (Lipinski definition) is 4. The van der Waals surface area contributed by atoms with E-state index in [2.05, 4.69) is 31.0 Å². The zero-order valence-corrected chi connectivity index (χ0v) is 14.1. The lowest BCUT2D eigenvalue weighted by molar-refractivity contribution is 0.601. The van der Waals surface area contributed by atoms with E-state index in [9.17, 15) is 8.42 Å². The Morgan fingerprint density at radius 3 is 2.67 bits per heavy atom. The van der Waals surface area contributed by atoms with Crippen molar-refractivity contribution >= 4 is 37.5 Å². The number of rotatable bonds is 5. The molecule has 0 atom stereocenters. The van der Waals surface area contributed by atoms with E-state index in [1.807, 2.05) is 26.0 Å². The zero-order valence-electron chi connectivity index (χ0n) is 11.7. The number of halogens is 1. The van der Waals surface area contributed by atoms with Crippen LogP contribution in [-0.2, 0) is 10.0 Å². The van der Waals surface area contributed by atoms with E-state index in [4.69, 9.17) is 0 Å². The molecule has 7 heteroatoms. The minimum absolute atomic E-state index is 0.168. The number of benzene rings is 1. The van der Waals surface area contributed by atoms with E-state index >= 15 is 0 Å². The van der Waals surface area contributed by atoms with Gasteiger partial charge in [-0.15, -0.1) is 0 Å². The normalized spacial score (nSPS) is 11.2. The second-order valence-electron chi connectivity index (χ2n) is 4.50. The number of hydrogen-bond donors (Lipinski definition) is 2. The summed E-state index contributed by atoms with van der Waals surface area (Å²) < 4.78 is 28.1. The lowest BCUT2D eigenvalue weighted by Crippen LogP contribution is -2.14. The van der Waals surface area contributed by atoms with E-state index < -0.39 is 10.0 Å². The largest absolute Gasteiger partial charge is 0.370 e. The molecule has 0 aliphatic heterocycles. The van der Waals surface area contributed by atoms with Gasteiger partial charge < -0.3 is 5.32 Å².